The van der Waals surface area contributed by atoms with Gasteiger partial charge in [-0.1, -0.05) is 0 Å². The number of hydrogen-bond acceptors (Lipinski definition) is 3. The third kappa shape index (κ3) is 2.82. The lowest BCUT2D eigenvalue weighted by atomic mass is 9.80. The predicted octanol–water partition coefficient (Wildman–Crippen LogP) is -1.89. The number of carbonyl (C=O) groups is 2. The van der Waals surface area contributed by atoms with Gasteiger partial charge in [0.2, 0.25) is 0 Å². The van der Waals surface area contributed by atoms with E-state index in [1.54, 1.807) is 6.92 Å². The van der Waals surface area contributed by atoms with Gasteiger partial charge in [0.05, 0.1) is 6.61 Å². The predicted molar refractivity (Wildman–Crippen MR) is 48.4 cm³/mol. The Morgan fingerprint density at radius 3 is 2.17 bits per heavy atom. The molecule has 12 heavy (non-hydrogen) atoms. The quantitative estimate of drug-likeness (QED) is 0.304. The summed E-state index contributed by atoms with van der Waals surface area (Å²) in [7, 11) is 2.80. The third-order valence-electron chi connectivity index (χ3n) is 1.46. The number of carboxylic acid groups (broad SMARTS) is 1. The molecule has 4 nitrogen and oxygen atoms in total. The summed E-state index contributed by atoms with van der Waals surface area (Å²) in [5.41, 5.74) is 0.165. The van der Waals surface area contributed by atoms with Crippen LogP contribution in [0.3, 0.4) is 0 Å². The number of esters is 1. The average molecular weight is 168 g/mol. The highest BCUT2D eigenvalue weighted by molar-refractivity contribution is 6.47. The minimum absolute atomic E-state index is 0.0217. The maximum absolute atomic E-state index is 10.9. The van der Waals surface area contributed by atoms with E-state index in [9.17, 15) is 9.59 Å². The smallest absolute Gasteiger partial charge is 0.323 e. The van der Waals surface area contributed by atoms with Crippen molar-refractivity contribution >= 4 is 27.6 Å². The van der Waals surface area contributed by atoms with E-state index < -0.39 is 11.9 Å². The summed E-state index contributed by atoms with van der Waals surface area (Å²) in [4.78, 5) is 21.3. The summed E-state index contributed by atoms with van der Waals surface area (Å²) in [6, 6.07) is 0. The molecular weight excluding hydrogens is 158 g/mol. The molecule has 0 saturated heterocycles. The molecule has 6 heteroatoms. The molecule has 0 saturated carbocycles. The zero-order chi connectivity index (χ0) is 9.72. The largest absolute Gasteiger partial charge is 0.478 e. The van der Waals surface area contributed by atoms with Gasteiger partial charge in [0.25, 0.3) is 0 Å². The molecule has 0 spiro atoms. The summed E-state index contributed by atoms with van der Waals surface area (Å²) < 4.78 is 4.61. The summed E-state index contributed by atoms with van der Waals surface area (Å²) in [6.07, 6.45) is 0. The fourth-order valence-corrected chi connectivity index (χ4v) is 0.553. The Labute approximate surface area is 72.4 Å². The number of carbonyl (C=O) groups excluding carboxylic acids is 1. The van der Waals surface area contributed by atoms with Gasteiger partial charge in [-0.15, -0.1) is 0 Å². The molecule has 0 fully saturated rings. The van der Waals surface area contributed by atoms with Crippen LogP contribution in [0.2, 0.25) is 0 Å². The molecule has 0 aromatic carbocycles. The zero-order valence-corrected chi connectivity index (χ0v) is 7.38. The van der Waals surface area contributed by atoms with Crippen LogP contribution >= 0.6 is 0 Å². The van der Waals surface area contributed by atoms with Gasteiger partial charge in [-0.3, -0.25) is 0 Å². The number of carboxylic acids is 1. The van der Waals surface area contributed by atoms with Gasteiger partial charge < -0.3 is 9.84 Å². The lowest BCUT2D eigenvalue weighted by molar-refractivity contribution is -0.139. The molecule has 0 radical (unpaired) electrons. The van der Waals surface area contributed by atoms with Crippen molar-refractivity contribution in [3.8, 4) is 0 Å². The van der Waals surface area contributed by atoms with E-state index in [2.05, 4.69) is 4.74 Å². The standard InChI is InChI=1S/C6H10B2O4/c1-2-12-6(11)4(8)3(7)5(9)10/h2,7-8H2,1H3,(H,9,10)/b4-3+. The molecule has 1 N–H and O–H groups in total. The van der Waals surface area contributed by atoms with Gasteiger partial charge in [-0.2, -0.15) is 0 Å². The SMILES string of the molecule is B/C(C(=O)O)=C(/B)C(=O)OCC. The molecule has 0 amide bonds. The molecule has 0 aliphatic carbocycles. The maximum atomic E-state index is 10.9. The minimum atomic E-state index is -1.10. The van der Waals surface area contributed by atoms with Gasteiger partial charge in [-0.25, -0.2) is 9.59 Å². The van der Waals surface area contributed by atoms with Crippen molar-refractivity contribution < 1.29 is 19.4 Å². The number of rotatable bonds is 3. The third-order valence-corrected chi connectivity index (χ3v) is 1.46. The molecule has 0 aliphatic heterocycles. The lowest BCUT2D eigenvalue weighted by Crippen LogP contribution is -2.14. The lowest BCUT2D eigenvalue weighted by Gasteiger charge is -2.03. The Bertz CT molecular complexity index is 234. The van der Waals surface area contributed by atoms with E-state index >= 15 is 0 Å². The van der Waals surface area contributed by atoms with E-state index in [-0.39, 0.29) is 17.6 Å². The first-order chi connectivity index (χ1) is 5.50. The molecule has 0 aromatic rings. The minimum Gasteiger partial charge on any atom is -0.478 e. The van der Waals surface area contributed by atoms with Crippen LogP contribution in [0.4, 0.5) is 0 Å². The van der Waals surface area contributed by atoms with Crippen LogP contribution in [0.1, 0.15) is 6.92 Å². The molecule has 0 bridgehead atoms. The Morgan fingerprint density at radius 1 is 1.33 bits per heavy atom. The van der Waals surface area contributed by atoms with Crippen molar-refractivity contribution in [2.24, 2.45) is 0 Å². The van der Waals surface area contributed by atoms with Gasteiger partial charge in [0, 0.05) is 0 Å². The number of ether oxygens (including phenoxy) is 1. The highest BCUT2D eigenvalue weighted by Crippen LogP contribution is 1.99. The Morgan fingerprint density at radius 2 is 1.83 bits per heavy atom. The van der Waals surface area contributed by atoms with Gasteiger partial charge >= 0.3 is 11.9 Å². The van der Waals surface area contributed by atoms with Gasteiger partial charge in [0.1, 0.15) is 15.7 Å². The second-order valence-electron chi connectivity index (χ2n) is 2.28. The zero-order valence-electron chi connectivity index (χ0n) is 7.38. The van der Waals surface area contributed by atoms with Crippen LogP contribution in [-0.2, 0) is 14.3 Å². The Balaban J connectivity index is 4.55. The van der Waals surface area contributed by atoms with Crippen molar-refractivity contribution in [3.05, 3.63) is 10.9 Å². The van der Waals surface area contributed by atoms with E-state index in [1.165, 1.54) is 15.7 Å². The fraction of sp³-hybridized carbons (Fsp3) is 0.333. The molecule has 0 aliphatic rings. The van der Waals surface area contributed by atoms with Crippen LogP contribution in [-0.4, -0.2) is 39.3 Å². The van der Waals surface area contributed by atoms with E-state index in [4.69, 9.17) is 5.11 Å². The normalized spacial score (nSPS) is 11.8. The van der Waals surface area contributed by atoms with Crippen LogP contribution in [0.25, 0.3) is 0 Å². The molecule has 64 valence electrons. The first kappa shape index (κ1) is 10.8. The maximum Gasteiger partial charge on any atom is 0.323 e. The fourth-order valence-electron chi connectivity index (χ4n) is 0.553. The molecule has 0 unspecified atom stereocenters. The number of hydrogen-bond donors (Lipinski definition) is 1. The second kappa shape index (κ2) is 4.64. The first-order valence-electron chi connectivity index (χ1n) is 3.58. The van der Waals surface area contributed by atoms with Crippen molar-refractivity contribution in [1.29, 1.82) is 0 Å². The van der Waals surface area contributed by atoms with Crippen LogP contribution in [0, 0.1) is 0 Å². The van der Waals surface area contributed by atoms with Crippen LogP contribution < -0.4 is 0 Å². The van der Waals surface area contributed by atoms with Gasteiger partial charge in [0.15, 0.2) is 0 Å². The Kier molecular flexibility index (Phi) is 4.18. The second-order valence-corrected chi connectivity index (χ2v) is 2.28. The summed E-state index contributed by atoms with van der Waals surface area (Å²) in [5.74, 6) is -1.67. The van der Waals surface area contributed by atoms with Crippen molar-refractivity contribution in [3.63, 3.8) is 0 Å². The molecule has 0 atom stereocenters. The highest BCUT2D eigenvalue weighted by Gasteiger charge is 2.11. The first-order valence-corrected chi connectivity index (χ1v) is 3.58. The van der Waals surface area contributed by atoms with Crippen molar-refractivity contribution in [1.82, 2.24) is 0 Å². The van der Waals surface area contributed by atoms with Crippen molar-refractivity contribution in [2.45, 2.75) is 6.92 Å². The summed E-state index contributed by atoms with van der Waals surface area (Å²) in [5, 5.41) is 8.50. The summed E-state index contributed by atoms with van der Waals surface area (Å²) in [6.45, 7) is 1.92. The Hall–Kier alpha value is -1.19. The monoisotopic (exact) mass is 168 g/mol. The number of aliphatic carboxylic acids is 1. The molecule has 0 aromatic heterocycles. The molecule has 0 heterocycles. The molecule has 0 rings (SSSR count). The highest BCUT2D eigenvalue weighted by atomic mass is 16.5. The van der Waals surface area contributed by atoms with Crippen LogP contribution in [0.5, 0.6) is 0 Å². The van der Waals surface area contributed by atoms with E-state index in [0.717, 1.165) is 0 Å². The van der Waals surface area contributed by atoms with E-state index in [0.29, 0.717) is 0 Å². The van der Waals surface area contributed by atoms with E-state index in [1.807, 2.05) is 0 Å². The topological polar surface area (TPSA) is 63.6 Å². The van der Waals surface area contributed by atoms with Crippen molar-refractivity contribution in [2.75, 3.05) is 6.61 Å². The summed E-state index contributed by atoms with van der Waals surface area (Å²) >= 11 is 0. The van der Waals surface area contributed by atoms with Gasteiger partial charge in [-0.05, 0) is 17.9 Å². The molecular formula is C6H10B2O4. The average Bonchev–Trinajstić information content (AvgIpc) is 2.02. The van der Waals surface area contributed by atoms with Crippen LogP contribution in [0.15, 0.2) is 10.9 Å².